The van der Waals surface area contributed by atoms with Crippen LogP contribution in [0.15, 0.2) is 48.5 Å². The minimum atomic E-state index is -3.61. The second kappa shape index (κ2) is 5.85. The van der Waals surface area contributed by atoms with Crippen molar-refractivity contribution < 1.29 is 13.5 Å². The average molecular weight is 302 g/mol. The van der Waals surface area contributed by atoms with Gasteiger partial charge in [-0.1, -0.05) is 18.2 Å². The number of hydrogen-bond acceptors (Lipinski definition) is 4. The number of rotatable bonds is 4. The highest BCUT2D eigenvalue weighted by molar-refractivity contribution is 7.92. The Hall–Kier alpha value is -2.52. The summed E-state index contributed by atoms with van der Waals surface area (Å²) in [7, 11) is -2.17. The maximum Gasteiger partial charge on any atom is 0.239 e. The first-order chi connectivity index (χ1) is 9.94. The van der Waals surface area contributed by atoms with Crippen molar-refractivity contribution >= 4 is 15.7 Å². The first-order valence-electron chi connectivity index (χ1n) is 6.17. The summed E-state index contributed by atoms with van der Waals surface area (Å²) in [5.74, 6) is -0.187. The molecule has 1 N–H and O–H groups in total. The molecule has 0 aromatic heterocycles. The highest BCUT2D eigenvalue weighted by Gasteiger charge is 2.20. The van der Waals surface area contributed by atoms with E-state index in [9.17, 15) is 13.5 Å². The molecule has 5 nitrogen and oxygen atoms in total. The van der Waals surface area contributed by atoms with Crippen LogP contribution in [-0.2, 0) is 15.8 Å². The van der Waals surface area contributed by atoms with Gasteiger partial charge in [0.05, 0.1) is 23.1 Å². The highest BCUT2D eigenvalue weighted by Crippen LogP contribution is 2.22. The molecule has 0 saturated heterocycles. The first-order valence-corrected chi connectivity index (χ1v) is 7.78. The second-order valence-electron chi connectivity index (χ2n) is 4.51. The number of phenols is 1. The van der Waals surface area contributed by atoms with Crippen LogP contribution in [0.3, 0.4) is 0 Å². The van der Waals surface area contributed by atoms with E-state index in [2.05, 4.69) is 0 Å². The Morgan fingerprint density at radius 1 is 1.14 bits per heavy atom. The van der Waals surface area contributed by atoms with E-state index in [0.717, 1.165) is 4.31 Å². The summed E-state index contributed by atoms with van der Waals surface area (Å²) in [6, 6.07) is 14.5. The van der Waals surface area contributed by atoms with Gasteiger partial charge in [-0.25, -0.2) is 8.42 Å². The number of benzene rings is 2. The largest absolute Gasteiger partial charge is 0.508 e. The van der Waals surface area contributed by atoms with Crippen molar-refractivity contribution in [3.05, 3.63) is 59.7 Å². The monoisotopic (exact) mass is 302 g/mol. The molecule has 0 amide bonds. The van der Waals surface area contributed by atoms with Crippen molar-refractivity contribution in [2.45, 2.75) is 5.75 Å². The molecule has 2 aromatic carbocycles. The van der Waals surface area contributed by atoms with Crippen LogP contribution in [0, 0.1) is 11.3 Å². The third-order valence-corrected chi connectivity index (χ3v) is 4.83. The quantitative estimate of drug-likeness (QED) is 0.939. The Balaban J connectivity index is 2.30. The summed E-state index contributed by atoms with van der Waals surface area (Å²) in [6.45, 7) is 0. The van der Waals surface area contributed by atoms with Gasteiger partial charge in [-0.15, -0.1) is 0 Å². The predicted octanol–water partition coefficient (Wildman–Crippen LogP) is 2.23. The van der Waals surface area contributed by atoms with Crippen LogP contribution < -0.4 is 4.31 Å². The minimum Gasteiger partial charge on any atom is -0.508 e. The predicted molar refractivity (Wildman–Crippen MR) is 80.3 cm³/mol. The van der Waals surface area contributed by atoms with Gasteiger partial charge in [-0.05, 0) is 35.9 Å². The van der Waals surface area contributed by atoms with Crippen molar-refractivity contribution in [2.24, 2.45) is 0 Å². The van der Waals surface area contributed by atoms with Crippen LogP contribution >= 0.6 is 0 Å². The zero-order chi connectivity index (χ0) is 15.5. The number of anilines is 1. The number of hydrogen-bond donors (Lipinski definition) is 1. The lowest BCUT2D eigenvalue weighted by Gasteiger charge is -2.19. The van der Waals surface area contributed by atoms with Crippen LogP contribution in [0.2, 0.25) is 0 Å². The zero-order valence-corrected chi connectivity index (χ0v) is 12.2. The third-order valence-electron chi connectivity index (χ3n) is 3.11. The Morgan fingerprint density at radius 2 is 1.76 bits per heavy atom. The topological polar surface area (TPSA) is 81.4 Å². The molecular weight excluding hydrogens is 288 g/mol. The van der Waals surface area contributed by atoms with Crippen molar-refractivity contribution in [1.82, 2.24) is 0 Å². The summed E-state index contributed by atoms with van der Waals surface area (Å²) >= 11 is 0. The van der Waals surface area contributed by atoms with Gasteiger partial charge in [-0.2, -0.15) is 5.26 Å². The van der Waals surface area contributed by atoms with E-state index < -0.39 is 10.0 Å². The molecule has 0 heterocycles. The molecule has 0 radical (unpaired) electrons. The number of nitriles is 1. The van der Waals surface area contributed by atoms with E-state index >= 15 is 0 Å². The molecule has 0 unspecified atom stereocenters. The molecule has 0 spiro atoms. The molecule has 0 fully saturated rings. The molecule has 0 aliphatic rings. The summed E-state index contributed by atoms with van der Waals surface area (Å²) in [6.07, 6.45) is 0. The van der Waals surface area contributed by atoms with Gasteiger partial charge in [0.1, 0.15) is 5.75 Å². The van der Waals surface area contributed by atoms with Crippen LogP contribution in [0.25, 0.3) is 0 Å². The van der Waals surface area contributed by atoms with Gasteiger partial charge < -0.3 is 5.11 Å². The smallest absolute Gasteiger partial charge is 0.239 e. The van der Waals surface area contributed by atoms with E-state index in [4.69, 9.17) is 5.26 Å². The van der Waals surface area contributed by atoms with Crippen LogP contribution in [0.4, 0.5) is 5.69 Å². The minimum absolute atomic E-state index is 0.0689. The molecule has 2 aromatic rings. The molecule has 0 aliphatic carbocycles. The Bertz CT molecular complexity index is 777. The average Bonchev–Trinajstić information content (AvgIpc) is 2.47. The van der Waals surface area contributed by atoms with E-state index in [1.807, 2.05) is 6.07 Å². The molecule has 108 valence electrons. The van der Waals surface area contributed by atoms with Crippen molar-refractivity contribution in [3.8, 4) is 11.8 Å². The fourth-order valence-electron chi connectivity index (χ4n) is 1.87. The molecule has 0 bridgehead atoms. The van der Waals surface area contributed by atoms with Crippen LogP contribution in [0.5, 0.6) is 5.75 Å². The Labute approximate surface area is 123 Å². The van der Waals surface area contributed by atoms with Gasteiger partial charge in [0.15, 0.2) is 0 Å². The molecular formula is C15H14N2O3S. The molecule has 0 atom stereocenters. The summed E-state index contributed by atoms with van der Waals surface area (Å²) in [5, 5.41) is 18.3. The number of nitrogens with zero attached hydrogens (tertiary/aromatic N) is 2. The third kappa shape index (κ3) is 3.33. The number of aromatic hydroxyl groups is 1. The van der Waals surface area contributed by atoms with Gasteiger partial charge >= 0.3 is 0 Å². The fraction of sp³-hybridized carbons (Fsp3) is 0.133. The Morgan fingerprint density at radius 3 is 2.38 bits per heavy atom. The van der Waals surface area contributed by atoms with E-state index in [-0.39, 0.29) is 11.5 Å². The Kier molecular flexibility index (Phi) is 4.15. The summed E-state index contributed by atoms with van der Waals surface area (Å²) in [4.78, 5) is 0. The molecule has 6 heteroatoms. The van der Waals surface area contributed by atoms with Gasteiger partial charge in [0.2, 0.25) is 10.0 Å². The normalized spacial score (nSPS) is 10.9. The van der Waals surface area contributed by atoms with Gasteiger partial charge in [0, 0.05) is 7.05 Å². The molecule has 0 aliphatic heterocycles. The SMILES string of the molecule is CN(c1ccc(O)cc1)S(=O)(=O)Cc1ccccc1C#N. The molecule has 21 heavy (non-hydrogen) atoms. The van der Waals surface area contributed by atoms with E-state index in [0.29, 0.717) is 16.8 Å². The number of sulfonamides is 1. The highest BCUT2D eigenvalue weighted by atomic mass is 32.2. The lowest BCUT2D eigenvalue weighted by Crippen LogP contribution is -2.28. The van der Waals surface area contributed by atoms with E-state index in [1.54, 1.807) is 24.3 Å². The van der Waals surface area contributed by atoms with Crippen molar-refractivity contribution in [1.29, 1.82) is 5.26 Å². The lowest BCUT2D eigenvalue weighted by molar-refractivity contribution is 0.475. The van der Waals surface area contributed by atoms with Crippen LogP contribution in [-0.4, -0.2) is 20.6 Å². The fourth-order valence-corrected chi connectivity index (χ4v) is 3.15. The lowest BCUT2D eigenvalue weighted by atomic mass is 10.1. The standard InChI is InChI=1S/C15H14N2O3S/c1-17(14-6-8-15(18)9-7-14)21(19,20)11-13-5-3-2-4-12(13)10-16/h2-9,18H,11H2,1H3. The van der Waals surface area contributed by atoms with Crippen molar-refractivity contribution in [2.75, 3.05) is 11.4 Å². The maximum atomic E-state index is 12.4. The van der Waals surface area contributed by atoms with Gasteiger partial charge in [-0.3, -0.25) is 4.31 Å². The first kappa shape index (κ1) is 14.9. The zero-order valence-electron chi connectivity index (χ0n) is 11.4. The summed E-state index contributed by atoms with van der Waals surface area (Å²) in [5.41, 5.74) is 1.26. The summed E-state index contributed by atoms with van der Waals surface area (Å²) < 4.78 is 26.0. The van der Waals surface area contributed by atoms with Crippen LogP contribution in [0.1, 0.15) is 11.1 Å². The van der Waals surface area contributed by atoms with Gasteiger partial charge in [0.25, 0.3) is 0 Å². The molecule has 2 rings (SSSR count). The second-order valence-corrected chi connectivity index (χ2v) is 6.51. The van der Waals surface area contributed by atoms with Crippen molar-refractivity contribution in [3.63, 3.8) is 0 Å². The number of phenolic OH excluding ortho intramolecular Hbond substituents is 1. The maximum absolute atomic E-state index is 12.4. The molecule has 0 saturated carbocycles. The van der Waals surface area contributed by atoms with E-state index in [1.165, 1.54) is 31.3 Å².